The first-order chi connectivity index (χ1) is 10.7. The summed E-state index contributed by atoms with van der Waals surface area (Å²) in [7, 11) is 0. The molecule has 3 aromatic rings. The van der Waals surface area contributed by atoms with Crippen LogP contribution in [0.15, 0.2) is 78.9 Å². The highest BCUT2D eigenvalue weighted by Crippen LogP contribution is 2.24. The molecule has 0 aliphatic heterocycles. The van der Waals surface area contributed by atoms with Gasteiger partial charge in [-0.2, -0.15) is 0 Å². The average Bonchev–Trinajstić information content (AvgIpc) is 2.58. The van der Waals surface area contributed by atoms with Gasteiger partial charge in [0, 0.05) is 14.8 Å². The average molecular weight is 399 g/mol. The van der Waals surface area contributed by atoms with E-state index in [1.165, 1.54) is 0 Å². The van der Waals surface area contributed by atoms with Crippen molar-refractivity contribution in [2.75, 3.05) is 5.32 Å². The highest BCUT2D eigenvalue weighted by Gasteiger charge is 2.12. The second kappa shape index (κ2) is 6.75. The molecule has 0 atom stereocenters. The number of amides is 1. The van der Waals surface area contributed by atoms with Crippen LogP contribution < -0.4 is 5.32 Å². The van der Waals surface area contributed by atoms with Crippen molar-refractivity contribution in [1.29, 1.82) is 0 Å². The van der Waals surface area contributed by atoms with Gasteiger partial charge in [-0.15, -0.1) is 0 Å². The summed E-state index contributed by atoms with van der Waals surface area (Å²) in [6.45, 7) is 0. The SMILES string of the molecule is O=C(Nc1ccc(I)cc1)c1ccccc1-c1ccccc1. The number of carbonyl (C=O) groups is 1. The first-order valence-electron chi connectivity index (χ1n) is 6.95. The van der Waals surface area contributed by atoms with Crippen LogP contribution in [-0.4, -0.2) is 5.91 Å². The topological polar surface area (TPSA) is 29.1 Å². The van der Waals surface area contributed by atoms with E-state index in [0.29, 0.717) is 5.56 Å². The predicted octanol–water partition coefficient (Wildman–Crippen LogP) is 5.21. The van der Waals surface area contributed by atoms with Gasteiger partial charge in [0.05, 0.1) is 0 Å². The molecule has 3 aromatic carbocycles. The summed E-state index contributed by atoms with van der Waals surface area (Å²) in [6, 6.07) is 25.4. The molecular weight excluding hydrogens is 385 g/mol. The molecule has 0 aliphatic carbocycles. The summed E-state index contributed by atoms with van der Waals surface area (Å²) in [5.74, 6) is -0.0966. The van der Waals surface area contributed by atoms with E-state index in [-0.39, 0.29) is 5.91 Å². The maximum atomic E-state index is 12.6. The maximum absolute atomic E-state index is 12.6. The van der Waals surface area contributed by atoms with Crippen molar-refractivity contribution < 1.29 is 4.79 Å². The summed E-state index contributed by atoms with van der Waals surface area (Å²) < 4.78 is 1.14. The van der Waals surface area contributed by atoms with Gasteiger partial charge in [0.25, 0.3) is 5.91 Å². The summed E-state index contributed by atoms with van der Waals surface area (Å²) in [5, 5.41) is 2.95. The van der Waals surface area contributed by atoms with Crippen LogP contribution in [0.3, 0.4) is 0 Å². The van der Waals surface area contributed by atoms with Crippen molar-refractivity contribution in [1.82, 2.24) is 0 Å². The van der Waals surface area contributed by atoms with Crippen LogP contribution in [0.1, 0.15) is 10.4 Å². The van der Waals surface area contributed by atoms with Crippen LogP contribution in [0.25, 0.3) is 11.1 Å². The predicted molar refractivity (Wildman–Crippen MR) is 99.0 cm³/mol. The van der Waals surface area contributed by atoms with Crippen molar-refractivity contribution in [3.05, 3.63) is 88.0 Å². The Kier molecular flexibility index (Phi) is 4.53. The van der Waals surface area contributed by atoms with E-state index in [9.17, 15) is 4.79 Å². The first kappa shape index (κ1) is 14.8. The molecular formula is C19H14INO. The molecule has 0 heterocycles. The van der Waals surface area contributed by atoms with Gasteiger partial charge in [0.1, 0.15) is 0 Å². The zero-order valence-electron chi connectivity index (χ0n) is 11.8. The van der Waals surface area contributed by atoms with Gasteiger partial charge in [0.15, 0.2) is 0 Å². The third kappa shape index (κ3) is 3.36. The van der Waals surface area contributed by atoms with Crippen LogP contribution in [0.5, 0.6) is 0 Å². The van der Waals surface area contributed by atoms with Gasteiger partial charge >= 0.3 is 0 Å². The van der Waals surface area contributed by atoms with Gasteiger partial charge in [-0.1, -0.05) is 48.5 Å². The van der Waals surface area contributed by atoms with Crippen LogP contribution in [-0.2, 0) is 0 Å². The number of hydrogen-bond acceptors (Lipinski definition) is 1. The van der Waals surface area contributed by atoms with E-state index in [1.54, 1.807) is 0 Å². The van der Waals surface area contributed by atoms with E-state index in [2.05, 4.69) is 27.9 Å². The van der Waals surface area contributed by atoms with Gasteiger partial charge in [-0.05, 0) is 64.0 Å². The lowest BCUT2D eigenvalue weighted by atomic mass is 9.99. The normalized spacial score (nSPS) is 10.2. The summed E-state index contributed by atoms with van der Waals surface area (Å²) >= 11 is 2.24. The smallest absolute Gasteiger partial charge is 0.256 e. The Balaban J connectivity index is 1.91. The Bertz CT molecular complexity index is 782. The van der Waals surface area contributed by atoms with E-state index >= 15 is 0 Å². The quantitative estimate of drug-likeness (QED) is 0.602. The standard InChI is InChI=1S/C19H14INO/c20-15-10-12-16(13-11-15)21-19(22)18-9-5-4-8-17(18)14-6-2-1-3-7-14/h1-13H,(H,21,22). The van der Waals surface area contributed by atoms with Crippen molar-refractivity contribution in [3.63, 3.8) is 0 Å². The largest absolute Gasteiger partial charge is 0.322 e. The van der Waals surface area contributed by atoms with E-state index in [4.69, 9.17) is 0 Å². The molecule has 1 amide bonds. The second-order valence-electron chi connectivity index (χ2n) is 4.87. The molecule has 0 bridgehead atoms. The fourth-order valence-corrected chi connectivity index (χ4v) is 2.64. The Morgan fingerprint density at radius 2 is 1.41 bits per heavy atom. The minimum absolute atomic E-state index is 0.0966. The lowest BCUT2D eigenvalue weighted by molar-refractivity contribution is 0.102. The highest BCUT2D eigenvalue weighted by molar-refractivity contribution is 14.1. The molecule has 0 unspecified atom stereocenters. The number of benzene rings is 3. The van der Waals surface area contributed by atoms with Crippen molar-refractivity contribution in [3.8, 4) is 11.1 Å². The zero-order chi connectivity index (χ0) is 15.4. The van der Waals surface area contributed by atoms with Gasteiger partial charge in [-0.25, -0.2) is 0 Å². The van der Waals surface area contributed by atoms with Gasteiger partial charge in [-0.3, -0.25) is 4.79 Å². The molecule has 108 valence electrons. The number of carbonyl (C=O) groups excluding carboxylic acids is 1. The molecule has 0 radical (unpaired) electrons. The molecule has 0 spiro atoms. The Morgan fingerprint density at radius 3 is 2.14 bits per heavy atom. The monoisotopic (exact) mass is 399 g/mol. The van der Waals surface area contributed by atoms with Crippen LogP contribution >= 0.6 is 22.6 Å². The minimum Gasteiger partial charge on any atom is -0.322 e. The van der Waals surface area contributed by atoms with Crippen LogP contribution in [0.2, 0.25) is 0 Å². The summed E-state index contributed by atoms with van der Waals surface area (Å²) in [6.07, 6.45) is 0. The molecule has 0 aliphatic rings. The highest BCUT2D eigenvalue weighted by atomic mass is 127. The van der Waals surface area contributed by atoms with Crippen molar-refractivity contribution >= 4 is 34.2 Å². The second-order valence-corrected chi connectivity index (χ2v) is 6.12. The number of hydrogen-bond donors (Lipinski definition) is 1. The molecule has 0 aromatic heterocycles. The molecule has 0 saturated carbocycles. The number of halogens is 1. The Morgan fingerprint density at radius 1 is 0.773 bits per heavy atom. The lowest BCUT2D eigenvalue weighted by Crippen LogP contribution is -2.13. The molecule has 22 heavy (non-hydrogen) atoms. The minimum atomic E-state index is -0.0966. The van der Waals surface area contributed by atoms with Crippen molar-refractivity contribution in [2.45, 2.75) is 0 Å². The molecule has 3 heteroatoms. The molecule has 2 nitrogen and oxygen atoms in total. The summed E-state index contributed by atoms with van der Waals surface area (Å²) in [4.78, 5) is 12.6. The Hall–Kier alpha value is -2.14. The number of nitrogens with one attached hydrogen (secondary N) is 1. The van der Waals surface area contributed by atoms with Gasteiger partial charge < -0.3 is 5.32 Å². The first-order valence-corrected chi connectivity index (χ1v) is 8.03. The maximum Gasteiger partial charge on any atom is 0.256 e. The molecule has 0 fully saturated rings. The molecule has 1 N–H and O–H groups in total. The van der Waals surface area contributed by atoms with E-state index < -0.39 is 0 Å². The Labute approximate surface area is 143 Å². The molecule has 0 saturated heterocycles. The zero-order valence-corrected chi connectivity index (χ0v) is 13.9. The third-order valence-electron chi connectivity index (χ3n) is 3.36. The molecule has 3 rings (SSSR count). The summed E-state index contributed by atoms with van der Waals surface area (Å²) in [5.41, 5.74) is 3.45. The lowest BCUT2D eigenvalue weighted by Gasteiger charge is -2.10. The van der Waals surface area contributed by atoms with Gasteiger partial charge in [0.2, 0.25) is 0 Å². The van der Waals surface area contributed by atoms with E-state index in [0.717, 1.165) is 20.4 Å². The third-order valence-corrected chi connectivity index (χ3v) is 4.08. The number of rotatable bonds is 3. The fourth-order valence-electron chi connectivity index (χ4n) is 2.28. The van der Waals surface area contributed by atoms with E-state index in [1.807, 2.05) is 78.9 Å². The van der Waals surface area contributed by atoms with Crippen LogP contribution in [0, 0.1) is 3.57 Å². The fraction of sp³-hybridized carbons (Fsp3) is 0. The van der Waals surface area contributed by atoms with Crippen molar-refractivity contribution in [2.24, 2.45) is 0 Å². The number of anilines is 1. The van der Waals surface area contributed by atoms with Crippen LogP contribution in [0.4, 0.5) is 5.69 Å².